The van der Waals surface area contributed by atoms with E-state index in [9.17, 15) is 0 Å². The molecule has 3 unspecified atom stereocenters. The standard InChI is InChI=1S/C58H45NS/c1-57(2)50-17-6-3-12-46(50)48-16-9-15-44(56(48)57)38-24-29-41(30-25-38)59(40-27-22-37(23-28-40)43-14-10-20-54-55(43)49-13-5-8-19-53(49)60-54)42-31-32-47-45-11-4-7-18-51(45)58(52(47)34-42)35-36-21-26-39(58)33-36/h3-20,22-25,27-32,34,36,39H,21,26,33,35H2,1-2H3. The first-order chi connectivity index (χ1) is 29.5. The maximum Gasteiger partial charge on any atom is 0.0465 e. The van der Waals surface area contributed by atoms with Gasteiger partial charge in [0.05, 0.1) is 0 Å². The predicted octanol–water partition coefficient (Wildman–Crippen LogP) is 16.3. The topological polar surface area (TPSA) is 3.24 Å². The summed E-state index contributed by atoms with van der Waals surface area (Å²) in [5.41, 5.74) is 20.3. The van der Waals surface area contributed by atoms with Crippen molar-refractivity contribution in [2.45, 2.75) is 50.4 Å². The van der Waals surface area contributed by atoms with Crippen LogP contribution in [0.5, 0.6) is 0 Å². The largest absolute Gasteiger partial charge is 0.310 e. The third-order valence-corrected chi connectivity index (χ3v) is 16.3. The van der Waals surface area contributed by atoms with Crippen LogP contribution in [0.25, 0.3) is 64.7 Å². The molecule has 1 aromatic heterocycles. The number of rotatable bonds is 5. The molecule has 1 spiro atoms. The van der Waals surface area contributed by atoms with Crippen LogP contribution in [0.2, 0.25) is 0 Å². The van der Waals surface area contributed by atoms with Crippen molar-refractivity contribution in [2.24, 2.45) is 11.8 Å². The van der Waals surface area contributed by atoms with Crippen LogP contribution in [0.15, 0.2) is 176 Å². The smallest absolute Gasteiger partial charge is 0.0465 e. The van der Waals surface area contributed by atoms with Crippen molar-refractivity contribution in [3.05, 3.63) is 198 Å². The van der Waals surface area contributed by atoms with Crippen LogP contribution >= 0.6 is 11.3 Å². The van der Waals surface area contributed by atoms with Gasteiger partial charge in [0.15, 0.2) is 0 Å². The first-order valence-corrected chi connectivity index (χ1v) is 22.7. The summed E-state index contributed by atoms with van der Waals surface area (Å²) >= 11 is 1.88. The Morgan fingerprint density at radius 3 is 1.82 bits per heavy atom. The molecular weight excluding hydrogens is 743 g/mol. The number of hydrogen-bond acceptors (Lipinski definition) is 2. The van der Waals surface area contributed by atoms with Crippen molar-refractivity contribution in [1.29, 1.82) is 0 Å². The Labute approximate surface area is 356 Å². The van der Waals surface area contributed by atoms with E-state index < -0.39 is 0 Å². The highest BCUT2D eigenvalue weighted by Gasteiger charge is 2.56. The van der Waals surface area contributed by atoms with Crippen LogP contribution < -0.4 is 4.90 Å². The average molecular weight is 788 g/mol. The number of fused-ring (bicyclic) bond motifs is 14. The summed E-state index contributed by atoms with van der Waals surface area (Å²) < 4.78 is 2.68. The molecule has 0 aliphatic heterocycles. The molecule has 0 saturated heterocycles. The Morgan fingerprint density at radius 1 is 0.483 bits per heavy atom. The maximum atomic E-state index is 2.58. The summed E-state index contributed by atoms with van der Waals surface area (Å²) in [7, 11) is 0. The average Bonchev–Trinajstić information content (AvgIpc) is 4.11. The zero-order valence-corrected chi connectivity index (χ0v) is 34.9. The van der Waals surface area contributed by atoms with Crippen LogP contribution in [-0.4, -0.2) is 0 Å². The summed E-state index contributed by atoms with van der Waals surface area (Å²) in [6.07, 6.45) is 5.37. The van der Waals surface area contributed by atoms with Gasteiger partial charge in [0.25, 0.3) is 0 Å². The normalized spacial score (nSPS) is 20.1. The molecule has 4 aliphatic carbocycles. The van der Waals surface area contributed by atoms with Crippen LogP contribution in [-0.2, 0) is 10.8 Å². The van der Waals surface area contributed by atoms with Gasteiger partial charge in [0, 0.05) is 48.1 Å². The molecule has 0 radical (unpaired) electrons. The zero-order valence-electron chi connectivity index (χ0n) is 34.1. The molecule has 2 bridgehead atoms. The van der Waals surface area contributed by atoms with Crippen LogP contribution in [0.4, 0.5) is 17.1 Å². The first-order valence-electron chi connectivity index (χ1n) is 21.9. The Morgan fingerprint density at radius 2 is 1.07 bits per heavy atom. The SMILES string of the molecule is CC1(C)c2ccccc2-c2cccc(-c3ccc(N(c4ccc(-c5cccc6sc7ccccc7c56)cc4)c4ccc5c(c4)C4(CC6CCC4C6)c4ccccc4-5)cc3)c21. The Balaban J connectivity index is 0.954. The van der Waals surface area contributed by atoms with Gasteiger partial charge in [-0.15, -0.1) is 11.3 Å². The minimum Gasteiger partial charge on any atom is -0.310 e. The van der Waals surface area contributed by atoms with E-state index in [1.165, 1.54) is 119 Å². The lowest BCUT2D eigenvalue weighted by atomic mass is 9.67. The van der Waals surface area contributed by atoms with Gasteiger partial charge in [-0.1, -0.05) is 148 Å². The molecule has 288 valence electrons. The number of hydrogen-bond donors (Lipinski definition) is 0. The summed E-state index contributed by atoms with van der Waals surface area (Å²) in [6, 6.07) is 66.9. The molecule has 13 rings (SSSR count). The quantitative estimate of drug-likeness (QED) is 0.168. The second-order valence-electron chi connectivity index (χ2n) is 18.4. The lowest BCUT2D eigenvalue weighted by molar-refractivity contribution is 0.327. The lowest BCUT2D eigenvalue weighted by Gasteiger charge is -2.37. The van der Waals surface area contributed by atoms with Gasteiger partial charge in [-0.05, 0) is 146 Å². The summed E-state index contributed by atoms with van der Waals surface area (Å²) in [5, 5.41) is 2.69. The molecule has 1 nitrogen and oxygen atoms in total. The van der Waals surface area contributed by atoms with Crippen molar-refractivity contribution >= 4 is 48.6 Å². The van der Waals surface area contributed by atoms with E-state index in [-0.39, 0.29) is 10.8 Å². The van der Waals surface area contributed by atoms with Crippen molar-refractivity contribution in [3.63, 3.8) is 0 Å². The fraction of sp³-hybridized carbons (Fsp3) is 0.172. The van der Waals surface area contributed by atoms with E-state index in [1.54, 1.807) is 11.1 Å². The van der Waals surface area contributed by atoms with Crippen molar-refractivity contribution in [2.75, 3.05) is 4.90 Å². The van der Waals surface area contributed by atoms with Crippen LogP contribution in [0.3, 0.4) is 0 Å². The Hall–Kier alpha value is -6.22. The molecule has 3 atom stereocenters. The molecule has 4 aliphatic rings. The Bertz CT molecular complexity index is 3200. The van der Waals surface area contributed by atoms with Gasteiger partial charge < -0.3 is 4.90 Å². The number of nitrogens with zero attached hydrogens (tertiary/aromatic N) is 1. The van der Waals surface area contributed by atoms with Gasteiger partial charge in [0.2, 0.25) is 0 Å². The molecular formula is C58H45NS. The summed E-state index contributed by atoms with van der Waals surface area (Å²) in [4.78, 5) is 2.51. The molecule has 2 heteroatoms. The highest BCUT2D eigenvalue weighted by Crippen LogP contribution is 2.66. The van der Waals surface area contributed by atoms with Crippen LogP contribution in [0.1, 0.15) is 61.8 Å². The minimum atomic E-state index is -0.0771. The van der Waals surface area contributed by atoms with Crippen molar-refractivity contribution < 1.29 is 0 Å². The van der Waals surface area contributed by atoms with Crippen LogP contribution in [0, 0.1) is 11.8 Å². The highest BCUT2D eigenvalue weighted by atomic mass is 32.1. The minimum absolute atomic E-state index is 0.0771. The number of anilines is 3. The first kappa shape index (κ1) is 34.6. The second-order valence-corrected chi connectivity index (χ2v) is 19.5. The zero-order chi connectivity index (χ0) is 39.7. The Kier molecular flexibility index (Phi) is 7.30. The fourth-order valence-corrected chi connectivity index (χ4v) is 13.8. The molecule has 2 saturated carbocycles. The highest BCUT2D eigenvalue weighted by molar-refractivity contribution is 7.25. The van der Waals surface area contributed by atoms with Crippen molar-refractivity contribution in [1.82, 2.24) is 0 Å². The third kappa shape index (κ3) is 4.74. The van der Waals surface area contributed by atoms with Gasteiger partial charge in [0.1, 0.15) is 0 Å². The molecule has 60 heavy (non-hydrogen) atoms. The van der Waals surface area contributed by atoms with E-state index in [4.69, 9.17) is 0 Å². The van der Waals surface area contributed by atoms with Gasteiger partial charge >= 0.3 is 0 Å². The van der Waals surface area contributed by atoms with E-state index in [1.807, 2.05) is 11.3 Å². The van der Waals surface area contributed by atoms with Gasteiger partial charge in [-0.25, -0.2) is 0 Å². The van der Waals surface area contributed by atoms with Gasteiger partial charge in [-0.2, -0.15) is 0 Å². The lowest BCUT2D eigenvalue weighted by Crippen LogP contribution is -2.32. The predicted molar refractivity (Wildman–Crippen MR) is 254 cm³/mol. The van der Waals surface area contributed by atoms with E-state index in [2.05, 4.69) is 195 Å². The summed E-state index contributed by atoms with van der Waals surface area (Å²) in [5.74, 6) is 1.54. The van der Waals surface area contributed by atoms with Gasteiger partial charge in [-0.3, -0.25) is 0 Å². The van der Waals surface area contributed by atoms with E-state index in [0.29, 0.717) is 5.92 Å². The van der Waals surface area contributed by atoms with Crippen molar-refractivity contribution in [3.8, 4) is 44.5 Å². The fourth-order valence-electron chi connectivity index (χ4n) is 12.6. The molecule has 8 aromatic carbocycles. The number of thiophene rings is 1. The molecule has 0 amide bonds. The second kappa shape index (κ2) is 12.6. The molecule has 0 N–H and O–H groups in total. The molecule has 9 aromatic rings. The van der Waals surface area contributed by atoms with E-state index >= 15 is 0 Å². The number of benzene rings is 8. The molecule has 1 heterocycles. The summed E-state index contributed by atoms with van der Waals surface area (Å²) in [6.45, 7) is 4.77. The maximum absolute atomic E-state index is 2.58. The monoisotopic (exact) mass is 787 g/mol. The molecule has 2 fully saturated rings. The third-order valence-electron chi connectivity index (χ3n) is 15.1. The van der Waals surface area contributed by atoms with E-state index in [0.717, 1.165) is 5.92 Å².